The minimum Gasteiger partial charge on any atom is -0.504 e. The lowest BCUT2D eigenvalue weighted by atomic mass is 9.70. The first-order valence-corrected chi connectivity index (χ1v) is 19.0. The van der Waals surface area contributed by atoms with Gasteiger partial charge in [0.05, 0.1) is 23.9 Å². The van der Waals surface area contributed by atoms with Gasteiger partial charge in [-0.3, -0.25) is 20.0 Å². The highest BCUT2D eigenvalue weighted by Gasteiger charge is 2.45. The van der Waals surface area contributed by atoms with Crippen molar-refractivity contribution in [1.82, 2.24) is 5.32 Å². The van der Waals surface area contributed by atoms with E-state index in [1.165, 1.54) is 22.3 Å². The van der Waals surface area contributed by atoms with Crippen molar-refractivity contribution in [1.29, 1.82) is 0 Å². The number of phenols is 1. The molecule has 0 spiro atoms. The minimum atomic E-state index is -0.838. The molecule has 276 valence electrons. The number of rotatable bonds is 19. The Kier molecular flexibility index (Phi) is 12.7. The van der Waals surface area contributed by atoms with E-state index < -0.39 is 12.2 Å². The van der Waals surface area contributed by atoms with Gasteiger partial charge in [-0.05, 0) is 78.5 Å². The number of carbonyl (C=O) groups is 1. The Bertz CT molecular complexity index is 1760. The summed E-state index contributed by atoms with van der Waals surface area (Å²) in [7, 11) is 0. The number of aryl methyl sites for hydroxylation is 1. The first-order chi connectivity index (χ1) is 25.2. The number of nitrogens with two attached hydrogens (primary N) is 1. The molecule has 9 nitrogen and oxygen atoms in total. The molecule has 2 aliphatic heterocycles. The smallest absolute Gasteiger partial charge is 0.227 e. The summed E-state index contributed by atoms with van der Waals surface area (Å²) in [4.78, 5) is 18.5. The number of phenolic OH excluding ortho intramolecular Hbond substituents is 1. The van der Waals surface area contributed by atoms with Crippen molar-refractivity contribution in [2.75, 3.05) is 19.8 Å². The largest absolute Gasteiger partial charge is 0.504 e. The number of ether oxygens (including phenoxy) is 1. The van der Waals surface area contributed by atoms with E-state index in [4.69, 9.17) is 15.5 Å². The van der Waals surface area contributed by atoms with Gasteiger partial charge < -0.3 is 25.8 Å². The minimum absolute atomic E-state index is 0.0299. The standard InChI is InChI=1S/C43H54N4O5/c1-2-9-34(48)24-36(50)25-35(49)16-14-31-15-17-40(51)41(22-31)52-29-47-27-37-38(26-46-39(37)28-47)43(19-6-7-20-43)33-13-8-12-32(23-33)42(44)45-21-18-30-10-4-3-5-11-30/h3-5,8,10-13,15,17,22-23,26-27,34,36,42,45,48,50-51H,2,6-7,9,14,16,18-21,24-25,28-29,44H2,1H3/p+1/t34-,36+,42+/m0/s1. The Balaban J connectivity index is 1.06. The van der Waals surface area contributed by atoms with Gasteiger partial charge in [0.25, 0.3) is 0 Å². The highest BCUT2D eigenvalue weighted by molar-refractivity contribution is 6.08. The van der Waals surface area contributed by atoms with Crippen LogP contribution in [0.25, 0.3) is 0 Å². The van der Waals surface area contributed by atoms with Crippen LogP contribution < -0.4 is 20.7 Å². The summed E-state index contributed by atoms with van der Waals surface area (Å²) < 4.78 is 6.16. The van der Waals surface area contributed by atoms with Crippen LogP contribution in [0.2, 0.25) is 0 Å². The summed E-state index contributed by atoms with van der Waals surface area (Å²) in [5, 5.41) is 34.2. The molecule has 52 heavy (non-hydrogen) atoms. The molecule has 1 saturated carbocycles. The molecular weight excluding hydrogens is 652 g/mol. The molecule has 6 rings (SSSR count). The van der Waals surface area contributed by atoms with E-state index >= 15 is 0 Å². The van der Waals surface area contributed by atoms with Crippen LogP contribution >= 0.6 is 0 Å². The molecule has 0 saturated heterocycles. The van der Waals surface area contributed by atoms with E-state index in [2.05, 4.69) is 66.2 Å². The van der Waals surface area contributed by atoms with Crippen molar-refractivity contribution in [3.05, 3.63) is 119 Å². The number of nitrogens with zero attached hydrogens (tertiary/aromatic N) is 1. The zero-order valence-corrected chi connectivity index (χ0v) is 30.4. The number of fused-ring (bicyclic) bond motifs is 1. The molecule has 0 radical (unpaired) electrons. The molecule has 3 aromatic rings. The van der Waals surface area contributed by atoms with Gasteiger partial charge in [-0.1, -0.05) is 86.8 Å². The molecule has 3 aliphatic rings. The first kappa shape index (κ1) is 37.6. The number of aliphatic hydroxyl groups excluding tert-OH is 2. The zero-order valence-electron chi connectivity index (χ0n) is 30.4. The number of ketones is 1. The average Bonchev–Trinajstić information content (AvgIpc) is 3.89. The Hall–Kier alpha value is -4.12. The number of nitrogens with one attached hydrogen (secondary N) is 2. The summed E-state index contributed by atoms with van der Waals surface area (Å²) >= 11 is 0. The van der Waals surface area contributed by atoms with Gasteiger partial charge in [0.2, 0.25) is 6.73 Å². The second-order valence-corrected chi connectivity index (χ2v) is 14.8. The average molecular weight is 708 g/mol. The third kappa shape index (κ3) is 9.26. The maximum atomic E-state index is 12.5. The number of quaternary nitrogens is 1. The molecule has 9 heteroatoms. The van der Waals surface area contributed by atoms with Crippen LogP contribution in [0.1, 0.15) is 93.1 Å². The van der Waals surface area contributed by atoms with Crippen LogP contribution in [-0.4, -0.2) is 58.8 Å². The van der Waals surface area contributed by atoms with Crippen LogP contribution in [-0.2, 0) is 23.1 Å². The molecular formula is C43H55N4O5+. The maximum absolute atomic E-state index is 12.5. The van der Waals surface area contributed by atoms with Gasteiger partial charge in [0.15, 0.2) is 11.5 Å². The number of allylic oxidation sites excluding steroid dienone is 1. The summed E-state index contributed by atoms with van der Waals surface area (Å²) in [5.74, 6) is 0.379. The molecule has 0 amide bonds. The Labute approximate surface area is 307 Å². The van der Waals surface area contributed by atoms with Crippen molar-refractivity contribution < 1.29 is 29.8 Å². The number of aliphatic imine (C=N–C) groups is 1. The van der Waals surface area contributed by atoms with Crippen LogP contribution in [0.3, 0.4) is 0 Å². The molecule has 4 atom stereocenters. The molecule has 2 heterocycles. The van der Waals surface area contributed by atoms with Crippen LogP contribution in [0.5, 0.6) is 11.5 Å². The van der Waals surface area contributed by atoms with Crippen molar-refractivity contribution in [2.24, 2.45) is 10.7 Å². The third-order valence-corrected chi connectivity index (χ3v) is 10.8. The number of Topliss-reactive ketones (excluding diaryl/α,β-unsaturated/α-hetero) is 1. The van der Waals surface area contributed by atoms with Crippen LogP contribution in [0.4, 0.5) is 0 Å². The molecule has 1 aliphatic carbocycles. The number of benzene rings is 3. The van der Waals surface area contributed by atoms with Gasteiger partial charge in [-0.25, -0.2) is 0 Å². The number of hydrogen-bond acceptors (Lipinski definition) is 8. The molecule has 1 unspecified atom stereocenters. The molecule has 1 fully saturated rings. The maximum Gasteiger partial charge on any atom is 0.227 e. The van der Waals surface area contributed by atoms with Gasteiger partial charge in [-0.15, -0.1) is 0 Å². The number of aromatic hydroxyl groups is 1. The lowest BCUT2D eigenvalue weighted by Gasteiger charge is -2.32. The second-order valence-electron chi connectivity index (χ2n) is 14.8. The fourth-order valence-corrected chi connectivity index (χ4v) is 8.04. The fourth-order valence-electron chi connectivity index (χ4n) is 8.04. The predicted octanol–water partition coefficient (Wildman–Crippen LogP) is 4.95. The highest BCUT2D eigenvalue weighted by Crippen LogP contribution is 2.50. The predicted molar refractivity (Wildman–Crippen MR) is 204 cm³/mol. The van der Waals surface area contributed by atoms with Gasteiger partial charge in [0, 0.05) is 31.0 Å². The van der Waals surface area contributed by atoms with Crippen molar-refractivity contribution in [3.63, 3.8) is 0 Å². The van der Waals surface area contributed by atoms with Gasteiger partial charge >= 0.3 is 0 Å². The SMILES string of the molecule is CCC[C@H](O)C[C@@H](O)CC(=O)CCc1ccc(O)c(OC[NH+]2C=C3C(C4(c5cccc([C@H](N)NCCc6ccccc6)c5)CCCC4)=CN=C3C2)c1. The Morgan fingerprint density at radius 1 is 1.00 bits per heavy atom. The number of aliphatic hydroxyl groups is 2. The number of hydrogen-bond donors (Lipinski definition) is 6. The Morgan fingerprint density at radius 2 is 1.81 bits per heavy atom. The normalized spacial score (nSPS) is 19.4. The summed E-state index contributed by atoms with van der Waals surface area (Å²) in [6.45, 7) is 3.80. The molecule has 3 aromatic carbocycles. The van der Waals surface area contributed by atoms with Gasteiger partial charge in [0.1, 0.15) is 24.2 Å². The lowest BCUT2D eigenvalue weighted by Crippen LogP contribution is -3.07. The lowest BCUT2D eigenvalue weighted by molar-refractivity contribution is -0.851. The molecule has 0 aromatic heterocycles. The van der Waals surface area contributed by atoms with Crippen LogP contribution in [0, 0.1) is 0 Å². The first-order valence-electron chi connectivity index (χ1n) is 19.0. The van der Waals surface area contributed by atoms with Crippen molar-refractivity contribution in [3.8, 4) is 11.5 Å². The van der Waals surface area contributed by atoms with E-state index in [9.17, 15) is 20.1 Å². The molecule has 0 bridgehead atoms. The van der Waals surface area contributed by atoms with Crippen molar-refractivity contribution >= 4 is 11.5 Å². The quantitative estimate of drug-likeness (QED) is 0.0969. The topological polar surface area (TPSA) is 142 Å². The summed E-state index contributed by atoms with van der Waals surface area (Å²) in [6, 6.07) is 24.4. The Morgan fingerprint density at radius 3 is 2.60 bits per heavy atom. The third-order valence-electron chi connectivity index (χ3n) is 10.8. The monoisotopic (exact) mass is 707 g/mol. The second kappa shape index (κ2) is 17.6. The highest BCUT2D eigenvalue weighted by atomic mass is 16.5. The summed E-state index contributed by atoms with van der Waals surface area (Å²) in [5.41, 5.74) is 14.6. The summed E-state index contributed by atoms with van der Waals surface area (Å²) in [6.07, 6.45) is 10.4. The van der Waals surface area contributed by atoms with E-state index in [-0.39, 0.29) is 42.4 Å². The van der Waals surface area contributed by atoms with E-state index in [0.717, 1.165) is 66.8 Å². The van der Waals surface area contributed by atoms with E-state index in [1.807, 2.05) is 13.0 Å². The van der Waals surface area contributed by atoms with E-state index in [1.54, 1.807) is 18.2 Å². The fraction of sp³-hybridized carbons (Fsp3) is 0.442. The molecule has 7 N–H and O–H groups in total. The zero-order chi connectivity index (χ0) is 36.5. The van der Waals surface area contributed by atoms with Gasteiger partial charge in [-0.2, -0.15) is 0 Å². The van der Waals surface area contributed by atoms with E-state index in [0.29, 0.717) is 31.9 Å². The van der Waals surface area contributed by atoms with Crippen LogP contribution in [0.15, 0.2) is 101 Å². The number of carbonyl (C=O) groups excluding carboxylic acids is 1. The van der Waals surface area contributed by atoms with Crippen molar-refractivity contribution in [2.45, 2.75) is 101 Å².